The van der Waals surface area contributed by atoms with E-state index in [1.54, 1.807) is 18.2 Å². The van der Waals surface area contributed by atoms with Gasteiger partial charge in [0.05, 0.1) is 18.0 Å². The van der Waals surface area contributed by atoms with Gasteiger partial charge in [0.15, 0.2) is 0 Å². The highest BCUT2D eigenvalue weighted by Gasteiger charge is 2.23. The molecule has 2 rings (SSSR count). The van der Waals surface area contributed by atoms with Crippen LogP contribution in [-0.4, -0.2) is 33.4 Å². The molecule has 0 radical (unpaired) electrons. The van der Waals surface area contributed by atoms with Crippen LogP contribution in [0.5, 0.6) is 0 Å². The highest BCUT2D eigenvalue weighted by atomic mass is 32.2. The molecule has 5 nitrogen and oxygen atoms in total. The van der Waals surface area contributed by atoms with Crippen molar-refractivity contribution < 1.29 is 13.2 Å². The summed E-state index contributed by atoms with van der Waals surface area (Å²) in [5, 5.41) is 3.02. The van der Waals surface area contributed by atoms with Gasteiger partial charge in [-0.05, 0) is 42.4 Å². The van der Waals surface area contributed by atoms with Gasteiger partial charge in [-0.1, -0.05) is 50.2 Å². The van der Waals surface area contributed by atoms with Crippen LogP contribution in [-0.2, 0) is 14.8 Å². The molecule has 0 spiro atoms. The fourth-order valence-corrected chi connectivity index (χ4v) is 4.27. The fraction of sp³-hybridized carbons (Fsp3) is 0.381. The number of hydrogen-bond donors (Lipinski definition) is 1. The number of carbonyl (C=O) groups is 1. The second-order valence-electron chi connectivity index (χ2n) is 7.13. The molecule has 0 saturated carbocycles. The number of nitrogens with zero attached hydrogens (tertiary/aromatic N) is 1. The van der Waals surface area contributed by atoms with E-state index in [9.17, 15) is 13.2 Å². The number of hydrogen-bond acceptors (Lipinski definition) is 4. The Kier molecular flexibility index (Phi) is 7.95. The van der Waals surface area contributed by atoms with Gasteiger partial charge < -0.3 is 5.32 Å². The topological polar surface area (TPSA) is 66.5 Å². The molecule has 0 heterocycles. The van der Waals surface area contributed by atoms with Crippen molar-refractivity contribution in [2.24, 2.45) is 5.92 Å². The Morgan fingerprint density at radius 3 is 2.36 bits per heavy atom. The average Bonchev–Trinajstić information content (AvgIpc) is 2.65. The standard InChI is InChI=1S/C21H28N2O3S2/c1-16(2)13-20(17-9-6-5-7-10-17)22-21(24)15-23(28(4,25)26)18-11-8-12-19(14-18)27-3/h5-12,14,16,20H,13,15H2,1-4H3,(H,22,24). The molecule has 0 saturated heterocycles. The second-order valence-corrected chi connectivity index (χ2v) is 9.92. The molecular formula is C21H28N2O3S2. The van der Waals surface area contributed by atoms with Crippen LogP contribution in [0.15, 0.2) is 59.5 Å². The minimum atomic E-state index is -3.60. The lowest BCUT2D eigenvalue weighted by molar-refractivity contribution is -0.120. The highest BCUT2D eigenvalue weighted by molar-refractivity contribution is 7.98. The summed E-state index contributed by atoms with van der Waals surface area (Å²) in [6, 6.07) is 16.8. The number of carbonyl (C=O) groups excluding carboxylic acids is 1. The molecule has 0 aliphatic rings. The maximum Gasteiger partial charge on any atom is 0.241 e. The summed E-state index contributed by atoms with van der Waals surface area (Å²) in [5.74, 6) is 0.0595. The van der Waals surface area contributed by atoms with Gasteiger partial charge in [0, 0.05) is 4.90 Å². The molecular weight excluding hydrogens is 392 g/mol. The first-order valence-corrected chi connectivity index (χ1v) is 12.2. The Morgan fingerprint density at radius 1 is 1.11 bits per heavy atom. The summed E-state index contributed by atoms with van der Waals surface area (Å²) in [6.45, 7) is 3.94. The average molecular weight is 421 g/mol. The maximum absolute atomic E-state index is 12.8. The number of sulfonamides is 1. The first kappa shape index (κ1) is 22.3. The van der Waals surface area contributed by atoms with E-state index >= 15 is 0 Å². The zero-order chi connectivity index (χ0) is 20.7. The molecule has 7 heteroatoms. The van der Waals surface area contributed by atoms with E-state index in [2.05, 4.69) is 19.2 Å². The third-order valence-electron chi connectivity index (χ3n) is 4.27. The first-order valence-electron chi connectivity index (χ1n) is 9.16. The van der Waals surface area contributed by atoms with Gasteiger partial charge in [-0.25, -0.2) is 8.42 Å². The molecule has 0 aromatic heterocycles. The van der Waals surface area contributed by atoms with Gasteiger partial charge in [-0.3, -0.25) is 9.10 Å². The minimum absolute atomic E-state index is 0.160. The predicted octanol–water partition coefficient (Wildman–Crippen LogP) is 4.08. The first-order chi connectivity index (χ1) is 13.2. The SMILES string of the molecule is CSc1cccc(N(CC(=O)NC(CC(C)C)c2ccccc2)S(C)(=O)=O)c1. The smallest absolute Gasteiger partial charge is 0.241 e. The molecule has 1 atom stereocenters. The van der Waals surface area contributed by atoms with E-state index in [0.29, 0.717) is 11.6 Å². The fourth-order valence-electron chi connectivity index (χ4n) is 2.97. The predicted molar refractivity (Wildman–Crippen MR) is 117 cm³/mol. The van der Waals surface area contributed by atoms with Crippen molar-refractivity contribution >= 4 is 33.4 Å². The van der Waals surface area contributed by atoms with Crippen LogP contribution in [0.3, 0.4) is 0 Å². The lowest BCUT2D eigenvalue weighted by atomic mass is 9.97. The lowest BCUT2D eigenvalue weighted by Crippen LogP contribution is -2.41. The van der Waals surface area contributed by atoms with E-state index in [1.807, 2.05) is 42.7 Å². The molecule has 0 fully saturated rings. The molecule has 2 aromatic carbocycles. The Hall–Kier alpha value is -1.99. The molecule has 1 N–H and O–H groups in total. The summed E-state index contributed by atoms with van der Waals surface area (Å²) in [7, 11) is -3.60. The largest absolute Gasteiger partial charge is 0.348 e. The lowest BCUT2D eigenvalue weighted by Gasteiger charge is -2.25. The molecule has 1 amide bonds. The Morgan fingerprint density at radius 2 is 1.79 bits per heavy atom. The van der Waals surface area contributed by atoms with Gasteiger partial charge in [0.2, 0.25) is 15.9 Å². The van der Waals surface area contributed by atoms with Crippen molar-refractivity contribution in [3.8, 4) is 0 Å². The summed E-state index contributed by atoms with van der Waals surface area (Å²) in [4.78, 5) is 13.7. The Labute approximate surface area is 172 Å². The minimum Gasteiger partial charge on any atom is -0.348 e. The summed E-state index contributed by atoms with van der Waals surface area (Å²) in [5.41, 5.74) is 1.50. The van der Waals surface area contributed by atoms with Gasteiger partial charge in [-0.2, -0.15) is 0 Å². The third-order valence-corrected chi connectivity index (χ3v) is 6.14. The van der Waals surface area contributed by atoms with Crippen LogP contribution < -0.4 is 9.62 Å². The summed E-state index contributed by atoms with van der Waals surface area (Å²) >= 11 is 1.52. The molecule has 1 unspecified atom stereocenters. The summed E-state index contributed by atoms with van der Waals surface area (Å²) < 4.78 is 25.8. The quantitative estimate of drug-likeness (QED) is 0.621. The van der Waals surface area contributed by atoms with Gasteiger partial charge in [0.1, 0.15) is 6.54 Å². The zero-order valence-electron chi connectivity index (χ0n) is 16.8. The maximum atomic E-state index is 12.8. The van der Waals surface area contributed by atoms with Crippen molar-refractivity contribution in [3.05, 3.63) is 60.2 Å². The van der Waals surface area contributed by atoms with Crippen LogP contribution in [0.25, 0.3) is 0 Å². The van der Waals surface area contributed by atoms with Crippen molar-refractivity contribution in [2.75, 3.05) is 23.4 Å². The number of rotatable bonds is 9. The second kappa shape index (κ2) is 9.98. The molecule has 152 valence electrons. The van der Waals surface area contributed by atoms with E-state index in [1.165, 1.54) is 11.8 Å². The molecule has 0 aliphatic carbocycles. The van der Waals surface area contributed by atoms with E-state index in [0.717, 1.165) is 27.4 Å². The van der Waals surface area contributed by atoms with Gasteiger partial charge in [0.25, 0.3) is 0 Å². The number of nitrogens with one attached hydrogen (secondary N) is 1. The number of thioether (sulfide) groups is 1. The number of amides is 1. The van der Waals surface area contributed by atoms with E-state index < -0.39 is 10.0 Å². The molecule has 0 bridgehead atoms. The Balaban J connectivity index is 2.22. The molecule has 0 aliphatic heterocycles. The van der Waals surface area contributed by atoms with Crippen molar-refractivity contribution in [1.29, 1.82) is 0 Å². The third kappa shape index (κ3) is 6.56. The van der Waals surface area contributed by atoms with Crippen molar-refractivity contribution in [3.63, 3.8) is 0 Å². The zero-order valence-corrected chi connectivity index (χ0v) is 18.4. The summed E-state index contributed by atoms with van der Waals surface area (Å²) in [6.07, 6.45) is 3.82. The van der Waals surface area contributed by atoms with E-state index in [-0.39, 0.29) is 18.5 Å². The van der Waals surface area contributed by atoms with Crippen molar-refractivity contribution in [1.82, 2.24) is 5.32 Å². The van der Waals surface area contributed by atoms with E-state index in [4.69, 9.17) is 0 Å². The van der Waals surface area contributed by atoms with Gasteiger partial charge in [-0.15, -0.1) is 11.8 Å². The Bertz CT molecular complexity index is 884. The van der Waals surface area contributed by atoms with Crippen LogP contribution >= 0.6 is 11.8 Å². The molecule has 2 aromatic rings. The van der Waals surface area contributed by atoms with Crippen LogP contribution in [0.4, 0.5) is 5.69 Å². The van der Waals surface area contributed by atoms with Crippen LogP contribution in [0.2, 0.25) is 0 Å². The number of anilines is 1. The van der Waals surface area contributed by atoms with Crippen LogP contribution in [0, 0.1) is 5.92 Å². The van der Waals surface area contributed by atoms with Crippen molar-refractivity contribution in [2.45, 2.75) is 31.2 Å². The van der Waals surface area contributed by atoms with Crippen LogP contribution in [0.1, 0.15) is 31.9 Å². The number of benzene rings is 2. The highest BCUT2D eigenvalue weighted by Crippen LogP contribution is 2.25. The molecule has 28 heavy (non-hydrogen) atoms. The normalized spacial score (nSPS) is 12.6. The van der Waals surface area contributed by atoms with Gasteiger partial charge >= 0.3 is 0 Å². The monoisotopic (exact) mass is 420 g/mol.